The fourth-order valence-corrected chi connectivity index (χ4v) is 3.96. The summed E-state index contributed by atoms with van der Waals surface area (Å²) in [6.45, 7) is 0.602. The van der Waals surface area contributed by atoms with Gasteiger partial charge in [0, 0.05) is 10.5 Å². The molecule has 0 radical (unpaired) electrons. The molecule has 1 aromatic heterocycles. The Bertz CT molecular complexity index is 1520. The standard InChI is InChI=1S/C29H22BrFN2O4/c1-34-26-15-22-24(16-27(26)35-17-19-8-4-2-5-9-19)32-29(36-18-20-10-6-3-7-11-20)33-28(22)37-25-13-12-21(30)14-23(25)31/h2-16H,17-18H2,1H3. The van der Waals surface area contributed by atoms with E-state index < -0.39 is 5.82 Å². The summed E-state index contributed by atoms with van der Waals surface area (Å²) in [5.74, 6) is 0.559. The number of rotatable bonds is 9. The normalized spacial score (nSPS) is 10.8. The average molecular weight is 561 g/mol. The largest absolute Gasteiger partial charge is 0.493 e. The van der Waals surface area contributed by atoms with Gasteiger partial charge in [-0.25, -0.2) is 4.39 Å². The fourth-order valence-electron chi connectivity index (χ4n) is 3.62. The molecule has 0 fully saturated rings. The lowest BCUT2D eigenvalue weighted by atomic mass is 10.2. The Morgan fingerprint density at radius 2 is 1.41 bits per heavy atom. The number of ether oxygens (including phenoxy) is 4. The molecule has 0 aliphatic heterocycles. The molecule has 0 bridgehead atoms. The maximum absolute atomic E-state index is 14.6. The van der Waals surface area contributed by atoms with Gasteiger partial charge in [-0.2, -0.15) is 9.97 Å². The van der Waals surface area contributed by atoms with E-state index in [1.54, 1.807) is 25.3 Å². The average Bonchev–Trinajstić information content (AvgIpc) is 2.93. The SMILES string of the molecule is COc1cc2c(Oc3ccc(Br)cc3F)nc(OCc3ccccc3)nc2cc1OCc1ccccc1. The van der Waals surface area contributed by atoms with Gasteiger partial charge in [-0.1, -0.05) is 76.6 Å². The van der Waals surface area contributed by atoms with Gasteiger partial charge in [-0.3, -0.25) is 0 Å². The van der Waals surface area contributed by atoms with Gasteiger partial charge in [0.2, 0.25) is 5.88 Å². The topological polar surface area (TPSA) is 62.7 Å². The van der Waals surface area contributed by atoms with E-state index in [0.717, 1.165) is 11.1 Å². The highest BCUT2D eigenvalue weighted by atomic mass is 79.9. The first-order valence-electron chi connectivity index (χ1n) is 11.4. The summed E-state index contributed by atoms with van der Waals surface area (Å²) >= 11 is 3.26. The van der Waals surface area contributed by atoms with Gasteiger partial charge in [-0.15, -0.1) is 0 Å². The third kappa shape index (κ3) is 5.98. The molecular weight excluding hydrogens is 539 g/mol. The highest BCUT2D eigenvalue weighted by Crippen LogP contribution is 2.38. The van der Waals surface area contributed by atoms with Gasteiger partial charge >= 0.3 is 6.01 Å². The molecule has 0 aliphatic carbocycles. The van der Waals surface area contributed by atoms with Crippen molar-refractivity contribution < 1.29 is 23.3 Å². The molecule has 0 unspecified atom stereocenters. The minimum Gasteiger partial charge on any atom is -0.493 e. The van der Waals surface area contributed by atoms with Crippen LogP contribution >= 0.6 is 15.9 Å². The summed E-state index contributed by atoms with van der Waals surface area (Å²) < 4.78 is 38.6. The lowest BCUT2D eigenvalue weighted by Crippen LogP contribution is -2.03. The molecule has 1 heterocycles. The second kappa shape index (κ2) is 11.3. The number of halogens is 2. The lowest BCUT2D eigenvalue weighted by molar-refractivity contribution is 0.276. The number of hydrogen-bond acceptors (Lipinski definition) is 6. The number of hydrogen-bond donors (Lipinski definition) is 0. The minimum absolute atomic E-state index is 0.0144. The van der Waals surface area contributed by atoms with Crippen molar-refractivity contribution in [3.63, 3.8) is 0 Å². The first kappa shape index (κ1) is 24.5. The summed E-state index contributed by atoms with van der Waals surface area (Å²) in [6, 6.07) is 27.5. The van der Waals surface area contributed by atoms with Crippen LogP contribution in [0, 0.1) is 5.82 Å². The Balaban J connectivity index is 1.53. The highest BCUT2D eigenvalue weighted by Gasteiger charge is 2.18. The Labute approximate surface area is 221 Å². The van der Waals surface area contributed by atoms with Gasteiger partial charge in [-0.05, 0) is 35.4 Å². The van der Waals surface area contributed by atoms with Crippen LogP contribution in [-0.2, 0) is 13.2 Å². The quantitative estimate of drug-likeness (QED) is 0.186. The Morgan fingerprint density at radius 1 is 0.730 bits per heavy atom. The number of benzene rings is 4. The molecule has 0 saturated carbocycles. The maximum Gasteiger partial charge on any atom is 0.320 e. The third-order valence-corrected chi connectivity index (χ3v) is 5.97. The van der Waals surface area contributed by atoms with Crippen molar-refractivity contribution in [2.45, 2.75) is 13.2 Å². The Hall–Kier alpha value is -4.17. The minimum atomic E-state index is -0.539. The molecule has 8 heteroatoms. The molecule has 0 saturated heterocycles. The Kier molecular flexibility index (Phi) is 7.46. The summed E-state index contributed by atoms with van der Waals surface area (Å²) in [6.07, 6.45) is 0. The van der Waals surface area contributed by atoms with E-state index in [1.807, 2.05) is 60.7 Å². The van der Waals surface area contributed by atoms with E-state index >= 15 is 0 Å². The molecule has 5 aromatic rings. The van der Waals surface area contributed by atoms with Crippen molar-refractivity contribution >= 4 is 26.8 Å². The molecule has 0 spiro atoms. The second-order valence-corrected chi connectivity index (χ2v) is 8.97. The first-order valence-corrected chi connectivity index (χ1v) is 12.2. The zero-order valence-corrected chi connectivity index (χ0v) is 21.4. The predicted molar refractivity (Wildman–Crippen MR) is 142 cm³/mol. The van der Waals surface area contributed by atoms with Gasteiger partial charge in [0.15, 0.2) is 23.1 Å². The van der Waals surface area contributed by atoms with Gasteiger partial charge in [0.1, 0.15) is 13.2 Å². The van der Waals surface area contributed by atoms with Crippen molar-refractivity contribution in [3.8, 4) is 29.1 Å². The zero-order chi connectivity index (χ0) is 25.6. The van der Waals surface area contributed by atoms with E-state index in [-0.39, 0.29) is 24.2 Å². The molecule has 6 nitrogen and oxygen atoms in total. The maximum atomic E-state index is 14.6. The molecule has 0 aliphatic rings. The van der Waals surface area contributed by atoms with Gasteiger partial charge in [0.05, 0.1) is 18.0 Å². The van der Waals surface area contributed by atoms with Crippen LogP contribution < -0.4 is 18.9 Å². The van der Waals surface area contributed by atoms with Crippen molar-refractivity contribution in [2.24, 2.45) is 0 Å². The van der Waals surface area contributed by atoms with Crippen molar-refractivity contribution in [3.05, 3.63) is 112 Å². The molecular formula is C29H22BrFN2O4. The van der Waals surface area contributed by atoms with E-state index in [4.69, 9.17) is 18.9 Å². The van der Waals surface area contributed by atoms with Crippen molar-refractivity contribution in [2.75, 3.05) is 7.11 Å². The van der Waals surface area contributed by atoms with Crippen LogP contribution in [0.2, 0.25) is 0 Å². The fraction of sp³-hybridized carbons (Fsp3) is 0.103. The van der Waals surface area contributed by atoms with Crippen molar-refractivity contribution in [1.82, 2.24) is 9.97 Å². The zero-order valence-electron chi connectivity index (χ0n) is 19.9. The number of fused-ring (bicyclic) bond motifs is 1. The van der Waals surface area contributed by atoms with Gasteiger partial charge in [0.25, 0.3) is 0 Å². The van der Waals surface area contributed by atoms with Crippen LogP contribution in [0.15, 0.2) is 95.5 Å². The molecule has 5 rings (SSSR count). The van der Waals surface area contributed by atoms with Crippen LogP contribution in [0.1, 0.15) is 11.1 Å². The number of methoxy groups -OCH3 is 1. The Morgan fingerprint density at radius 3 is 2.05 bits per heavy atom. The molecule has 0 atom stereocenters. The predicted octanol–water partition coefficient (Wildman–Crippen LogP) is 7.49. The molecule has 0 N–H and O–H groups in total. The number of nitrogens with zero attached hydrogens (tertiary/aromatic N) is 2. The van der Waals surface area contributed by atoms with E-state index in [9.17, 15) is 4.39 Å². The van der Waals surface area contributed by atoms with Crippen LogP contribution in [0.3, 0.4) is 0 Å². The molecule has 186 valence electrons. The van der Waals surface area contributed by atoms with E-state index in [1.165, 1.54) is 12.1 Å². The summed E-state index contributed by atoms with van der Waals surface area (Å²) in [5, 5.41) is 0.512. The van der Waals surface area contributed by atoms with Crippen LogP contribution in [0.5, 0.6) is 29.1 Å². The summed E-state index contributed by atoms with van der Waals surface area (Å²) in [4.78, 5) is 9.01. The van der Waals surface area contributed by atoms with Gasteiger partial charge < -0.3 is 18.9 Å². The number of aromatic nitrogens is 2. The first-order chi connectivity index (χ1) is 18.1. The summed E-state index contributed by atoms with van der Waals surface area (Å²) in [5.41, 5.74) is 2.46. The highest BCUT2D eigenvalue weighted by molar-refractivity contribution is 9.10. The van der Waals surface area contributed by atoms with E-state index in [2.05, 4.69) is 25.9 Å². The smallest absolute Gasteiger partial charge is 0.320 e. The molecule has 37 heavy (non-hydrogen) atoms. The van der Waals surface area contributed by atoms with Crippen LogP contribution in [-0.4, -0.2) is 17.1 Å². The van der Waals surface area contributed by atoms with E-state index in [0.29, 0.717) is 33.5 Å². The van der Waals surface area contributed by atoms with Crippen LogP contribution in [0.25, 0.3) is 10.9 Å². The monoisotopic (exact) mass is 560 g/mol. The summed E-state index contributed by atoms with van der Waals surface area (Å²) in [7, 11) is 1.55. The second-order valence-electron chi connectivity index (χ2n) is 8.06. The molecule has 0 amide bonds. The molecule has 4 aromatic carbocycles. The van der Waals surface area contributed by atoms with Crippen molar-refractivity contribution in [1.29, 1.82) is 0 Å². The van der Waals surface area contributed by atoms with Crippen LogP contribution in [0.4, 0.5) is 4.39 Å². The lowest BCUT2D eigenvalue weighted by Gasteiger charge is -2.15. The third-order valence-electron chi connectivity index (χ3n) is 5.47.